The number of carbonyl (C=O) groups excluding carboxylic acids is 1. The summed E-state index contributed by atoms with van der Waals surface area (Å²) >= 11 is 1.77. The van der Waals surface area contributed by atoms with E-state index in [4.69, 9.17) is 0 Å². The maximum atomic E-state index is 12.3. The van der Waals surface area contributed by atoms with E-state index >= 15 is 0 Å². The van der Waals surface area contributed by atoms with Gasteiger partial charge in [0, 0.05) is 6.04 Å². The van der Waals surface area contributed by atoms with Crippen LogP contribution in [0.3, 0.4) is 0 Å². The van der Waals surface area contributed by atoms with E-state index in [-0.39, 0.29) is 11.9 Å². The monoisotopic (exact) mass is 270 g/mol. The third kappa shape index (κ3) is 5.30. The lowest BCUT2D eigenvalue weighted by Crippen LogP contribution is -2.44. The standard InChI is InChI=1S/C14H26N2OS/c1-5-8-14(11-15,9-6-2)13(17)16-12(3)7-10-18-4/h12H,5-10H2,1-4H3,(H,16,17). The van der Waals surface area contributed by atoms with Crippen LogP contribution in [0.25, 0.3) is 0 Å². The quantitative estimate of drug-likeness (QED) is 0.699. The number of hydrogen-bond acceptors (Lipinski definition) is 3. The number of nitrogens with one attached hydrogen (secondary N) is 1. The predicted octanol–water partition coefficient (Wildman–Crippen LogP) is 3.35. The van der Waals surface area contributed by atoms with Gasteiger partial charge in [0.1, 0.15) is 5.41 Å². The van der Waals surface area contributed by atoms with Gasteiger partial charge in [0.2, 0.25) is 5.91 Å². The number of hydrogen-bond donors (Lipinski definition) is 1. The maximum absolute atomic E-state index is 12.3. The summed E-state index contributed by atoms with van der Waals surface area (Å²) in [7, 11) is 0. The molecule has 104 valence electrons. The van der Waals surface area contributed by atoms with Gasteiger partial charge in [-0.2, -0.15) is 17.0 Å². The predicted molar refractivity (Wildman–Crippen MR) is 78.5 cm³/mol. The van der Waals surface area contributed by atoms with Crippen molar-refractivity contribution in [1.82, 2.24) is 5.32 Å². The molecule has 0 saturated heterocycles. The Morgan fingerprint density at radius 3 is 2.33 bits per heavy atom. The van der Waals surface area contributed by atoms with Crippen molar-refractivity contribution in [3.8, 4) is 6.07 Å². The fraction of sp³-hybridized carbons (Fsp3) is 0.857. The zero-order valence-electron chi connectivity index (χ0n) is 12.1. The molecular weight excluding hydrogens is 244 g/mol. The Morgan fingerprint density at radius 1 is 1.39 bits per heavy atom. The summed E-state index contributed by atoms with van der Waals surface area (Å²) in [6.07, 6.45) is 6.03. The van der Waals surface area contributed by atoms with Gasteiger partial charge in [0.25, 0.3) is 0 Å². The van der Waals surface area contributed by atoms with E-state index in [0.29, 0.717) is 12.8 Å². The van der Waals surface area contributed by atoms with E-state index in [1.54, 1.807) is 11.8 Å². The first-order valence-electron chi connectivity index (χ1n) is 6.77. The van der Waals surface area contributed by atoms with Crippen LogP contribution in [0.15, 0.2) is 0 Å². The summed E-state index contributed by atoms with van der Waals surface area (Å²) in [5, 5.41) is 12.4. The maximum Gasteiger partial charge on any atom is 0.240 e. The lowest BCUT2D eigenvalue weighted by atomic mass is 9.79. The zero-order chi connectivity index (χ0) is 14.0. The van der Waals surface area contributed by atoms with Gasteiger partial charge in [-0.3, -0.25) is 4.79 Å². The fourth-order valence-corrected chi connectivity index (χ4v) is 2.69. The average Bonchev–Trinajstić information content (AvgIpc) is 2.35. The van der Waals surface area contributed by atoms with Gasteiger partial charge in [0.05, 0.1) is 6.07 Å². The first kappa shape index (κ1) is 17.3. The number of amides is 1. The van der Waals surface area contributed by atoms with E-state index in [9.17, 15) is 10.1 Å². The van der Waals surface area contributed by atoms with Gasteiger partial charge in [-0.25, -0.2) is 0 Å². The van der Waals surface area contributed by atoms with Gasteiger partial charge in [0.15, 0.2) is 0 Å². The summed E-state index contributed by atoms with van der Waals surface area (Å²) in [4.78, 5) is 12.3. The minimum atomic E-state index is -0.822. The summed E-state index contributed by atoms with van der Waals surface area (Å²) in [5.41, 5.74) is -0.822. The summed E-state index contributed by atoms with van der Waals surface area (Å²) in [5.74, 6) is 0.949. The third-order valence-corrected chi connectivity index (χ3v) is 3.78. The molecule has 18 heavy (non-hydrogen) atoms. The molecule has 1 atom stereocenters. The molecule has 4 heteroatoms. The Bertz CT molecular complexity index is 280. The molecule has 0 aliphatic carbocycles. The molecule has 0 heterocycles. The first-order valence-corrected chi connectivity index (χ1v) is 8.16. The smallest absolute Gasteiger partial charge is 0.240 e. The second-order valence-electron chi connectivity index (χ2n) is 4.85. The largest absolute Gasteiger partial charge is 0.352 e. The Morgan fingerprint density at radius 2 is 1.94 bits per heavy atom. The molecule has 0 aliphatic heterocycles. The number of rotatable bonds is 9. The van der Waals surface area contributed by atoms with Crippen molar-refractivity contribution in [2.45, 2.75) is 58.9 Å². The van der Waals surface area contributed by atoms with Crippen LogP contribution in [0, 0.1) is 16.7 Å². The Kier molecular flexibility index (Phi) is 8.91. The van der Waals surface area contributed by atoms with Crippen molar-refractivity contribution in [3.63, 3.8) is 0 Å². The van der Waals surface area contributed by atoms with Crippen LogP contribution >= 0.6 is 11.8 Å². The van der Waals surface area contributed by atoms with Gasteiger partial charge in [-0.05, 0) is 38.2 Å². The van der Waals surface area contributed by atoms with Crippen molar-refractivity contribution in [3.05, 3.63) is 0 Å². The van der Waals surface area contributed by atoms with E-state index in [1.165, 1.54) is 0 Å². The van der Waals surface area contributed by atoms with Crippen LogP contribution < -0.4 is 5.32 Å². The second-order valence-corrected chi connectivity index (χ2v) is 5.84. The highest BCUT2D eigenvalue weighted by molar-refractivity contribution is 7.98. The molecule has 0 bridgehead atoms. The Labute approximate surface area is 116 Å². The SMILES string of the molecule is CCCC(C#N)(CCC)C(=O)NC(C)CCSC. The van der Waals surface area contributed by atoms with Crippen LogP contribution in [0.5, 0.6) is 0 Å². The van der Waals surface area contributed by atoms with Crippen molar-refractivity contribution in [2.24, 2.45) is 5.41 Å². The molecule has 0 aromatic rings. The normalized spacial score (nSPS) is 12.8. The zero-order valence-corrected chi connectivity index (χ0v) is 12.9. The lowest BCUT2D eigenvalue weighted by molar-refractivity contribution is -0.129. The van der Waals surface area contributed by atoms with Gasteiger partial charge >= 0.3 is 0 Å². The molecule has 0 aromatic heterocycles. The molecule has 0 radical (unpaired) electrons. The van der Waals surface area contributed by atoms with E-state index in [1.807, 2.05) is 20.8 Å². The second kappa shape index (κ2) is 9.27. The van der Waals surface area contributed by atoms with Crippen LogP contribution in [0.2, 0.25) is 0 Å². The molecule has 0 fully saturated rings. The highest BCUT2D eigenvalue weighted by Gasteiger charge is 2.37. The highest BCUT2D eigenvalue weighted by atomic mass is 32.2. The third-order valence-electron chi connectivity index (χ3n) is 3.13. The van der Waals surface area contributed by atoms with Gasteiger partial charge < -0.3 is 5.32 Å². The summed E-state index contributed by atoms with van der Waals surface area (Å²) in [6, 6.07) is 2.41. The molecule has 1 amide bonds. The summed E-state index contributed by atoms with van der Waals surface area (Å²) in [6.45, 7) is 6.05. The minimum absolute atomic E-state index is 0.0812. The van der Waals surface area contributed by atoms with Gasteiger partial charge in [-0.1, -0.05) is 26.7 Å². The minimum Gasteiger partial charge on any atom is -0.352 e. The lowest BCUT2D eigenvalue weighted by Gasteiger charge is -2.26. The topological polar surface area (TPSA) is 52.9 Å². The number of nitrogens with zero attached hydrogens (tertiary/aromatic N) is 1. The average molecular weight is 270 g/mol. The fourth-order valence-electron chi connectivity index (χ4n) is 2.10. The molecule has 1 N–H and O–H groups in total. The number of carbonyl (C=O) groups is 1. The molecule has 1 unspecified atom stereocenters. The van der Waals surface area contributed by atoms with Crippen molar-refractivity contribution in [1.29, 1.82) is 5.26 Å². The van der Waals surface area contributed by atoms with E-state index in [2.05, 4.69) is 17.6 Å². The highest BCUT2D eigenvalue weighted by Crippen LogP contribution is 2.29. The van der Waals surface area contributed by atoms with Gasteiger partial charge in [-0.15, -0.1) is 0 Å². The summed E-state index contributed by atoms with van der Waals surface area (Å²) < 4.78 is 0. The van der Waals surface area contributed by atoms with Crippen LogP contribution in [-0.2, 0) is 4.79 Å². The van der Waals surface area contributed by atoms with Crippen LogP contribution in [0.4, 0.5) is 0 Å². The van der Waals surface area contributed by atoms with Crippen LogP contribution in [-0.4, -0.2) is 24.0 Å². The Hall–Kier alpha value is -0.690. The molecule has 0 aliphatic rings. The molecule has 0 spiro atoms. The number of nitriles is 1. The Balaban J connectivity index is 4.60. The van der Waals surface area contributed by atoms with Crippen molar-refractivity contribution < 1.29 is 4.79 Å². The molecule has 0 rings (SSSR count). The van der Waals surface area contributed by atoms with Crippen molar-refractivity contribution >= 4 is 17.7 Å². The van der Waals surface area contributed by atoms with E-state index < -0.39 is 5.41 Å². The van der Waals surface area contributed by atoms with Crippen LogP contribution in [0.1, 0.15) is 52.9 Å². The molecule has 0 saturated carbocycles. The van der Waals surface area contributed by atoms with Crippen molar-refractivity contribution in [2.75, 3.05) is 12.0 Å². The molecule has 3 nitrogen and oxygen atoms in total. The number of thioether (sulfide) groups is 1. The molecular formula is C14H26N2OS. The molecule has 0 aromatic carbocycles. The van der Waals surface area contributed by atoms with E-state index in [0.717, 1.165) is 25.0 Å². The first-order chi connectivity index (χ1) is 8.56.